The summed E-state index contributed by atoms with van der Waals surface area (Å²) in [6.45, 7) is 5.27. The standard InChI is InChI=1S/C44H86NO7P/c1-6-8-10-12-14-16-18-20-22-24-26-28-30-32-34-36-39-49-43(42-52-53(47,48)51-40-38-45(3,4)5)41-50-44(46)37-35-33-31-29-27-25-23-21-19-17-15-13-11-9-7-2/h14,16,20,22,43H,6-13,15,17-19,21,23-42H2,1-5H3/b16-14-,22-20-/t43-/m1/s1. The van der Waals surface area contributed by atoms with Gasteiger partial charge in [-0.2, -0.15) is 0 Å². The topological polar surface area (TPSA) is 94.1 Å². The number of allylic oxidation sites excluding steroid dienone is 4. The third-order valence-corrected chi connectivity index (χ3v) is 10.5. The third-order valence-electron chi connectivity index (χ3n) is 9.54. The fourth-order valence-corrected chi connectivity index (χ4v) is 6.75. The third kappa shape index (κ3) is 42.0. The summed E-state index contributed by atoms with van der Waals surface area (Å²) >= 11 is 0. The van der Waals surface area contributed by atoms with E-state index in [1.54, 1.807) is 0 Å². The van der Waals surface area contributed by atoms with Gasteiger partial charge >= 0.3 is 5.97 Å². The molecule has 53 heavy (non-hydrogen) atoms. The van der Waals surface area contributed by atoms with Gasteiger partial charge in [-0.25, -0.2) is 0 Å². The summed E-state index contributed by atoms with van der Waals surface area (Å²) in [6.07, 6.45) is 41.9. The van der Waals surface area contributed by atoms with Crippen LogP contribution in [0.3, 0.4) is 0 Å². The Morgan fingerprint density at radius 2 is 1.04 bits per heavy atom. The Kier molecular flexibility index (Phi) is 37.2. The van der Waals surface area contributed by atoms with Gasteiger partial charge < -0.3 is 27.9 Å². The molecule has 0 aromatic carbocycles. The second-order valence-electron chi connectivity index (χ2n) is 16.0. The summed E-state index contributed by atoms with van der Waals surface area (Å²) in [5.41, 5.74) is 0. The maximum Gasteiger partial charge on any atom is 0.305 e. The van der Waals surface area contributed by atoms with Gasteiger partial charge in [-0.1, -0.05) is 167 Å². The van der Waals surface area contributed by atoms with E-state index in [2.05, 4.69) is 38.2 Å². The van der Waals surface area contributed by atoms with E-state index in [4.69, 9.17) is 18.5 Å². The first-order valence-electron chi connectivity index (χ1n) is 22.1. The van der Waals surface area contributed by atoms with Crippen LogP contribution in [0.1, 0.15) is 194 Å². The van der Waals surface area contributed by atoms with Crippen molar-refractivity contribution in [3.8, 4) is 0 Å². The van der Waals surface area contributed by atoms with Crippen molar-refractivity contribution < 1.29 is 37.3 Å². The minimum atomic E-state index is -4.49. The fraction of sp³-hybridized carbons (Fsp3) is 0.886. The smallest absolute Gasteiger partial charge is 0.305 e. The number of hydrogen-bond donors (Lipinski definition) is 0. The molecule has 0 aliphatic rings. The van der Waals surface area contributed by atoms with Crippen LogP contribution in [0.4, 0.5) is 0 Å². The van der Waals surface area contributed by atoms with Gasteiger partial charge in [0.1, 0.15) is 25.9 Å². The van der Waals surface area contributed by atoms with E-state index in [1.165, 1.54) is 122 Å². The van der Waals surface area contributed by atoms with Crippen LogP contribution in [0.15, 0.2) is 24.3 Å². The van der Waals surface area contributed by atoms with Gasteiger partial charge in [-0.3, -0.25) is 9.36 Å². The van der Waals surface area contributed by atoms with Crippen LogP contribution in [0.2, 0.25) is 0 Å². The molecule has 0 spiro atoms. The van der Waals surface area contributed by atoms with E-state index >= 15 is 0 Å². The molecule has 2 atom stereocenters. The van der Waals surface area contributed by atoms with E-state index < -0.39 is 13.9 Å². The van der Waals surface area contributed by atoms with Crippen molar-refractivity contribution in [1.29, 1.82) is 0 Å². The van der Waals surface area contributed by atoms with Crippen LogP contribution in [0, 0.1) is 0 Å². The number of unbranched alkanes of at least 4 members (excludes halogenated alkanes) is 23. The van der Waals surface area contributed by atoms with E-state index in [1.807, 2.05) is 21.1 Å². The molecule has 0 aromatic heterocycles. The predicted octanol–water partition coefficient (Wildman–Crippen LogP) is 12.2. The number of carbonyl (C=O) groups excluding carboxylic acids is 1. The van der Waals surface area contributed by atoms with Gasteiger partial charge in [0.15, 0.2) is 0 Å². The lowest BCUT2D eigenvalue weighted by Gasteiger charge is -2.28. The number of hydrogen-bond acceptors (Lipinski definition) is 7. The van der Waals surface area contributed by atoms with Crippen LogP contribution in [0.5, 0.6) is 0 Å². The summed E-state index contributed by atoms with van der Waals surface area (Å²) in [5.74, 6) is -0.272. The van der Waals surface area contributed by atoms with Gasteiger partial charge in [0.25, 0.3) is 7.82 Å². The number of likely N-dealkylation sites (N-methyl/N-ethyl adjacent to an activating group) is 1. The normalized spacial score (nSPS) is 14.0. The number of phosphoric ester groups is 1. The lowest BCUT2D eigenvalue weighted by molar-refractivity contribution is -0.870. The molecule has 0 bridgehead atoms. The van der Waals surface area contributed by atoms with Crippen LogP contribution in [-0.2, 0) is 27.9 Å². The monoisotopic (exact) mass is 772 g/mol. The highest BCUT2D eigenvalue weighted by atomic mass is 31.2. The van der Waals surface area contributed by atoms with Gasteiger partial charge in [0.05, 0.1) is 27.7 Å². The number of quaternary nitrogens is 1. The van der Waals surface area contributed by atoms with Crippen molar-refractivity contribution in [2.45, 2.75) is 200 Å². The maximum atomic E-state index is 12.5. The molecule has 0 aliphatic carbocycles. The van der Waals surface area contributed by atoms with Crippen molar-refractivity contribution in [2.75, 3.05) is 54.1 Å². The quantitative estimate of drug-likeness (QED) is 0.0201. The molecule has 0 N–H and O–H groups in total. The Bertz CT molecular complexity index is 905. The Morgan fingerprint density at radius 3 is 1.57 bits per heavy atom. The van der Waals surface area contributed by atoms with Gasteiger partial charge in [-0.05, 0) is 44.9 Å². The lowest BCUT2D eigenvalue weighted by Crippen LogP contribution is -2.37. The molecule has 0 aliphatic heterocycles. The predicted molar refractivity (Wildman–Crippen MR) is 222 cm³/mol. The number of esters is 1. The van der Waals surface area contributed by atoms with E-state index in [0.717, 1.165) is 51.4 Å². The van der Waals surface area contributed by atoms with Crippen LogP contribution >= 0.6 is 7.82 Å². The average molecular weight is 772 g/mol. The first-order chi connectivity index (χ1) is 25.6. The summed E-state index contributed by atoms with van der Waals surface area (Å²) in [7, 11) is 1.40. The zero-order valence-corrected chi connectivity index (χ0v) is 36.4. The summed E-state index contributed by atoms with van der Waals surface area (Å²) in [6, 6.07) is 0. The molecule has 8 nitrogen and oxygen atoms in total. The van der Waals surface area contributed by atoms with E-state index in [0.29, 0.717) is 24.1 Å². The Hall–Kier alpha value is -1.02. The average Bonchev–Trinajstić information content (AvgIpc) is 3.11. The van der Waals surface area contributed by atoms with E-state index in [-0.39, 0.29) is 25.8 Å². The highest BCUT2D eigenvalue weighted by molar-refractivity contribution is 7.45. The zero-order valence-electron chi connectivity index (χ0n) is 35.5. The molecule has 0 amide bonds. The molecule has 9 heteroatoms. The molecule has 0 fully saturated rings. The van der Waals surface area contributed by atoms with Gasteiger partial charge in [0, 0.05) is 13.0 Å². The van der Waals surface area contributed by atoms with Crippen molar-refractivity contribution in [3.63, 3.8) is 0 Å². The van der Waals surface area contributed by atoms with Gasteiger partial charge in [0.2, 0.25) is 0 Å². The lowest BCUT2D eigenvalue weighted by atomic mass is 10.0. The fourth-order valence-electron chi connectivity index (χ4n) is 6.02. The molecule has 0 aromatic rings. The number of phosphoric acid groups is 1. The molecular formula is C44H86NO7P. The molecule has 0 rings (SSSR count). The molecular weight excluding hydrogens is 685 g/mol. The number of rotatable bonds is 41. The molecule has 0 saturated carbocycles. The highest BCUT2D eigenvalue weighted by Gasteiger charge is 2.19. The van der Waals surface area contributed by atoms with Crippen LogP contribution < -0.4 is 4.89 Å². The van der Waals surface area contributed by atoms with Crippen LogP contribution in [0.25, 0.3) is 0 Å². The second-order valence-corrected chi connectivity index (χ2v) is 17.5. The second kappa shape index (κ2) is 37.9. The SMILES string of the molecule is CCCCC/C=C\C/C=C\CCCCCCCCO[C@H](COC(=O)CCCCCCCCCCCCCCCCC)COP(=O)([O-])OCC[N+](C)(C)C. The number of ether oxygens (including phenoxy) is 2. The molecule has 0 heterocycles. The Morgan fingerprint density at radius 1 is 0.585 bits per heavy atom. The number of nitrogens with zero attached hydrogens (tertiary/aromatic N) is 1. The minimum Gasteiger partial charge on any atom is -0.756 e. The molecule has 314 valence electrons. The maximum absolute atomic E-state index is 12.5. The zero-order chi connectivity index (χ0) is 39.1. The summed E-state index contributed by atoms with van der Waals surface area (Å²) < 4.78 is 34.6. The van der Waals surface area contributed by atoms with E-state index in [9.17, 15) is 14.3 Å². The van der Waals surface area contributed by atoms with Crippen molar-refractivity contribution >= 4 is 13.8 Å². The van der Waals surface area contributed by atoms with Gasteiger partial charge in [-0.15, -0.1) is 0 Å². The van der Waals surface area contributed by atoms with Crippen molar-refractivity contribution in [3.05, 3.63) is 24.3 Å². The first-order valence-corrected chi connectivity index (χ1v) is 23.5. The first kappa shape index (κ1) is 52.0. The summed E-state index contributed by atoms with van der Waals surface area (Å²) in [4.78, 5) is 24.8. The van der Waals surface area contributed by atoms with Crippen LogP contribution in [-0.4, -0.2) is 70.7 Å². The molecule has 0 radical (unpaired) electrons. The Labute approximate surface area is 328 Å². The van der Waals surface area contributed by atoms with Crippen molar-refractivity contribution in [1.82, 2.24) is 0 Å². The summed E-state index contributed by atoms with van der Waals surface area (Å²) in [5, 5.41) is 0. The largest absolute Gasteiger partial charge is 0.756 e. The number of carbonyl (C=O) groups is 1. The molecule has 0 saturated heterocycles. The Balaban J connectivity index is 4.23. The van der Waals surface area contributed by atoms with Crippen molar-refractivity contribution in [2.24, 2.45) is 0 Å². The highest BCUT2D eigenvalue weighted by Crippen LogP contribution is 2.38. The minimum absolute atomic E-state index is 0.0291. The molecule has 1 unspecified atom stereocenters.